The standard InChI is InChI=1S/C19H28FN3/c1-14(21(2)3)15-7-9-23(10-8-15)13-18-12-16-11-17(20)5-6-19(16)22(18)4/h5-6,11-12,14-15H,7-10,13H2,1-4H3/t14-/m1/s1. The van der Waals surface area contributed by atoms with Gasteiger partial charge in [0.1, 0.15) is 5.82 Å². The summed E-state index contributed by atoms with van der Waals surface area (Å²) >= 11 is 0. The van der Waals surface area contributed by atoms with Crippen LogP contribution in [0.15, 0.2) is 24.3 Å². The molecule has 0 bridgehead atoms. The molecule has 1 aromatic carbocycles. The van der Waals surface area contributed by atoms with Gasteiger partial charge >= 0.3 is 0 Å². The topological polar surface area (TPSA) is 11.4 Å². The Hall–Kier alpha value is -1.39. The van der Waals surface area contributed by atoms with Crippen molar-refractivity contribution in [3.8, 4) is 0 Å². The highest BCUT2D eigenvalue weighted by Crippen LogP contribution is 2.26. The number of nitrogens with zero attached hydrogens (tertiary/aromatic N) is 3. The average Bonchev–Trinajstić information content (AvgIpc) is 2.82. The molecule has 0 radical (unpaired) electrons. The van der Waals surface area contributed by atoms with E-state index in [0.29, 0.717) is 6.04 Å². The summed E-state index contributed by atoms with van der Waals surface area (Å²) in [5.41, 5.74) is 2.38. The first-order valence-electron chi connectivity index (χ1n) is 8.58. The second-order valence-corrected chi connectivity index (χ2v) is 7.22. The minimum absolute atomic E-state index is 0.159. The number of hydrogen-bond acceptors (Lipinski definition) is 2. The lowest BCUT2D eigenvalue weighted by Gasteiger charge is -2.37. The van der Waals surface area contributed by atoms with E-state index in [0.717, 1.165) is 36.5 Å². The molecule has 1 aromatic heterocycles. The first-order valence-corrected chi connectivity index (χ1v) is 8.58. The van der Waals surface area contributed by atoms with E-state index in [1.165, 1.54) is 18.5 Å². The lowest BCUT2D eigenvalue weighted by Crippen LogP contribution is -2.41. The van der Waals surface area contributed by atoms with Crippen LogP contribution in [0.1, 0.15) is 25.5 Å². The van der Waals surface area contributed by atoms with Crippen molar-refractivity contribution < 1.29 is 4.39 Å². The van der Waals surface area contributed by atoms with Crippen molar-refractivity contribution in [3.05, 3.63) is 35.8 Å². The normalized spacial score (nSPS) is 18.9. The van der Waals surface area contributed by atoms with Gasteiger partial charge in [0.05, 0.1) is 0 Å². The van der Waals surface area contributed by atoms with Gasteiger partial charge in [0.15, 0.2) is 0 Å². The Morgan fingerprint density at radius 1 is 1.22 bits per heavy atom. The minimum atomic E-state index is -0.159. The van der Waals surface area contributed by atoms with E-state index in [2.05, 4.69) is 48.5 Å². The average molecular weight is 317 g/mol. The van der Waals surface area contributed by atoms with Crippen molar-refractivity contribution >= 4 is 10.9 Å². The van der Waals surface area contributed by atoms with Crippen molar-refractivity contribution in [1.29, 1.82) is 0 Å². The number of aromatic nitrogens is 1. The molecular formula is C19H28FN3. The van der Waals surface area contributed by atoms with Crippen LogP contribution in [-0.4, -0.2) is 47.6 Å². The van der Waals surface area contributed by atoms with Gasteiger partial charge in [-0.15, -0.1) is 0 Å². The number of piperidine rings is 1. The molecule has 126 valence electrons. The highest BCUT2D eigenvalue weighted by atomic mass is 19.1. The SMILES string of the molecule is C[C@H](C1CCN(Cc2cc3cc(F)ccc3n2C)CC1)N(C)C. The molecule has 3 nitrogen and oxygen atoms in total. The maximum absolute atomic E-state index is 13.4. The Bertz CT molecular complexity index is 669. The van der Waals surface area contributed by atoms with Gasteiger partial charge < -0.3 is 9.47 Å². The van der Waals surface area contributed by atoms with Gasteiger partial charge in [-0.3, -0.25) is 4.90 Å². The van der Waals surface area contributed by atoms with Crippen LogP contribution < -0.4 is 0 Å². The van der Waals surface area contributed by atoms with Crippen molar-refractivity contribution in [2.45, 2.75) is 32.4 Å². The Morgan fingerprint density at radius 2 is 1.91 bits per heavy atom. The summed E-state index contributed by atoms with van der Waals surface area (Å²) < 4.78 is 15.6. The summed E-state index contributed by atoms with van der Waals surface area (Å²) in [5.74, 6) is 0.635. The van der Waals surface area contributed by atoms with E-state index in [1.54, 1.807) is 12.1 Å². The number of benzene rings is 1. The maximum Gasteiger partial charge on any atom is 0.123 e. The lowest BCUT2D eigenvalue weighted by atomic mass is 9.90. The highest BCUT2D eigenvalue weighted by molar-refractivity contribution is 5.81. The van der Waals surface area contributed by atoms with Crippen molar-refractivity contribution in [2.24, 2.45) is 13.0 Å². The van der Waals surface area contributed by atoms with Gasteiger partial charge in [-0.2, -0.15) is 0 Å². The zero-order valence-electron chi connectivity index (χ0n) is 14.7. The van der Waals surface area contributed by atoms with E-state index < -0.39 is 0 Å². The van der Waals surface area contributed by atoms with Gasteiger partial charge in [-0.25, -0.2) is 4.39 Å². The third-order valence-corrected chi connectivity index (χ3v) is 5.62. The van der Waals surface area contributed by atoms with E-state index in [4.69, 9.17) is 0 Å². The van der Waals surface area contributed by atoms with Gasteiger partial charge in [-0.1, -0.05) is 0 Å². The molecule has 1 atom stereocenters. The lowest BCUT2D eigenvalue weighted by molar-refractivity contribution is 0.120. The molecule has 0 N–H and O–H groups in total. The largest absolute Gasteiger partial charge is 0.346 e. The molecule has 4 heteroatoms. The summed E-state index contributed by atoms with van der Waals surface area (Å²) in [6, 6.07) is 7.83. The monoisotopic (exact) mass is 317 g/mol. The molecule has 1 fully saturated rings. The summed E-state index contributed by atoms with van der Waals surface area (Å²) in [5, 5.41) is 0.999. The Kier molecular flexibility index (Phi) is 4.74. The third kappa shape index (κ3) is 3.43. The number of rotatable bonds is 4. The molecule has 0 spiro atoms. The van der Waals surface area contributed by atoms with Crippen LogP contribution in [0, 0.1) is 11.7 Å². The molecule has 3 rings (SSSR count). The fraction of sp³-hybridized carbons (Fsp3) is 0.579. The van der Waals surface area contributed by atoms with Crippen LogP contribution >= 0.6 is 0 Å². The van der Waals surface area contributed by atoms with Crippen molar-refractivity contribution in [1.82, 2.24) is 14.4 Å². The van der Waals surface area contributed by atoms with Gasteiger partial charge in [0.25, 0.3) is 0 Å². The van der Waals surface area contributed by atoms with Gasteiger partial charge in [0, 0.05) is 36.2 Å². The number of fused-ring (bicyclic) bond motifs is 1. The van der Waals surface area contributed by atoms with Gasteiger partial charge in [0.2, 0.25) is 0 Å². The Balaban J connectivity index is 1.66. The first-order chi connectivity index (χ1) is 11.0. The van der Waals surface area contributed by atoms with Crippen molar-refractivity contribution in [3.63, 3.8) is 0 Å². The Morgan fingerprint density at radius 3 is 2.57 bits per heavy atom. The fourth-order valence-electron chi connectivity index (χ4n) is 3.77. The predicted molar refractivity (Wildman–Crippen MR) is 94.0 cm³/mol. The zero-order chi connectivity index (χ0) is 16.6. The molecule has 2 heterocycles. The van der Waals surface area contributed by atoms with Crippen LogP contribution in [0.4, 0.5) is 4.39 Å². The van der Waals surface area contributed by atoms with Crippen LogP contribution in [0.2, 0.25) is 0 Å². The summed E-state index contributed by atoms with van der Waals surface area (Å²) in [7, 11) is 6.42. The van der Waals surface area contributed by atoms with E-state index in [9.17, 15) is 4.39 Å². The summed E-state index contributed by atoms with van der Waals surface area (Å²) in [6.07, 6.45) is 2.52. The second kappa shape index (κ2) is 6.62. The smallest absolute Gasteiger partial charge is 0.123 e. The van der Waals surface area contributed by atoms with Crippen LogP contribution in [0.3, 0.4) is 0 Å². The van der Waals surface area contributed by atoms with E-state index >= 15 is 0 Å². The number of halogens is 1. The number of aryl methyl sites for hydroxylation is 1. The fourth-order valence-corrected chi connectivity index (χ4v) is 3.77. The molecule has 2 aromatic rings. The maximum atomic E-state index is 13.4. The quantitative estimate of drug-likeness (QED) is 0.855. The predicted octanol–water partition coefficient (Wildman–Crippen LogP) is 3.48. The van der Waals surface area contributed by atoms with Crippen LogP contribution in [0.25, 0.3) is 10.9 Å². The molecule has 1 saturated heterocycles. The minimum Gasteiger partial charge on any atom is -0.346 e. The van der Waals surface area contributed by atoms with Crippen LogP contribution in [-0.2, 0) is 13.6 Å². The number of hydrogen-bond donors (Lipinski definition) is 0. The van der Waals surface area contributed by atoms with Gasteiger partial charge in [-0.05, 0) is 77.1 Å². The number of likely N-dealkylation sites (tertiary alicyclic amines) is 1. The van der Waals surface area contributed by atoms with Crippen molar-refractivity contribution in [2.75, 3.05) is 27.2 Å². The molecule has 0 unspecified atom stereocenters. The molecule has 23 heavy (non-hydrogen) atoms. The highest BCUT2D eigenvalue weighted by Gasteiger charge is 2.25. The molecule has 0 amide bonds. The molecule has 1 aliphatic rings. The molecular weight excluding hydrogens is 289 g/mol. The molecule has 0 aliphatic carbocycles. The second-order valence-electron chi connectivity index (χ2n) is 7.22. The van der Waals surface area contributed by atoms with E-state index in [-0.39, 0.29) is 5.82 Å². The van der Waals surface area contributed by atoms with Crippen LogP contribution in [0.5, 0.6) is 0 Å². The Labute approximate surface area is 138 Å². The molecule has 1 aliphatic heterocycles. The van der Waals surface area contributed by atoms with E-state index in [1.807, 2.05) is 6.07 Å². The first kappa shape index (κ1) is 16.5. The summed E-state index contributed by atoms with van der Waals surface area (Å²) in [6.45, 7) is 5.59. The summed E-state index contributed by atoms with van der Waals surface area (Å²) in [4.78, 5) is 4.86. The molecule has 0 saturated carbocycles. The zero-order valence-corrected chi connectivity index (χ0v) is 14.7. The third-order valence-electron chi connectivity index (χ3n) is 5.62.